The Hall–Kier alpha value is -3.06. The molecule has 1 amide bonds. The predicted octanol–water partition coefficient (Wildman–Crippen LogP) is 5.05. The number of benzene rings is 2. The zero-order valence-corrected chi connectivity index (χ0v) is 17.6. The summed E-state index contributed by atoms with van der Waals surface area (Å²) in [6, 6.07) is 16.6. The second-order valence-corrected chi connectivity index (χ2v) is 8.49. The number of carbonyl (C=O) groups excluding carboxylic acids is 1. The average molecular weight is 418 g/mol. The number of fused-ring (bicyclic) bond motifs is 1. The number of thioether (sulfide) groups is 1. The lowest BCUT2D eigenvalue weighted by atomic mass is 10.1. The summed E-state index contributed by atoms with van der Waals surface area (Å²) in [5.74, 6) is 1.13. The SMILES string of the molecule is CCc1ccc(NC(=O)CSc2nnc(-c3c[nH]c4ccccc34)n2C2CC2)cc1. The van der Waals surface area contributed by atoms with Gasteiger partial charge in [0, 0.05) is 34.4 Å². The monoisotopic (exact) mass is 417 g/mol. The normalized spacial score (nSPS) is 13.6. The van der Waals surface area contributed by atoms with Crippen LogP contribution in [0, 0.1) is 0 Å². The van der Waals surface area contributed by atoms with E-state index in [2.05, 4.69) is 44.1 Å². The lowest BCUT2D eigenvalue weighted by molar-refractivity contribution is -0.113. The van der Waals surface area contributed by atoms with Crippen molar-refractivity contribution in [1.29, 1.82) is 0 Å². The van der Waals surface area contributed by atoms with Crippen LogP contribution in [0.2, 0.25) is 0 Å². The number of anilines is 1. The van der Waals surface area contributed by atoms with Crippen molar-refractivity contribution >= 4 is 34.3 Å². The van der Waals surface area contributed by atoms with Gasteiger partial charge in [0.25, 0.3) is 0 Å². The molecular weight excluding hydrogens is 394 g/mol. The first kappa shape index (κ1) is 18.9. The van der Waals surface area contributed by atoms with Crippen LogP contribution in [0.5, 0.6) is 0 Å². The van der Waals surface area contributed by atoms with Gasteiger partial charge in [0.05, 0.1) is 5.75 Å². The van der Waals surface area contributed by atoms with Crippen LogP contribution in [-0.2, 0) is 11.2 Å². The second-order valence-electron chi connectivity index (χ2n) is 7.54. The molecule has 2 aromatic heterocycles. The van der Waals surface area contributed by atoms with E-state index < -0.39 is 0 Å². The van der Waals surface area contributed by atoms with Gasteiger partial charge in [-0.25, -0.2) is 0 Å². The van der Waals surface area contributed by atoms with Crippen LogP contribution < -0.4 is 5.32 Å². The van der Waals surface area contributed by atoms with E-state index in [9.17, 15) is 4.79 Å². The third-order valence-electron chi connectivity index (χ3n) is 5.39. The molecule has 2 aromatic carbocycles. The summed E-state index contributed by atoms with van der Waals surface area (Å²) in [6.07, 6.45) is 5.22. The highest BCUT2D eigenvalue weighted by atomic mass is 32.2. The Morgan fingerprint density at radius 2 is 1.97 bits per heavy atom. The van der Waals surface area contributed by atoms with Crippen LogP contribution in [0.1, 0.15) is 31.4 Å². The zero-order chi connectivity index (χ0) is 20.5. The number of carbonyl (C=O) groups is 1. The third kappa shape index (κ3) is 3.73. The average Bonchev–Trinajstić information content (AvgIpc) is 3.38. The predicted molar refractivity (Wildman–Crippen MR) is 121 cm³/mol. The number of H-pyrrole nitrogens is 1. The first-order valence-corrected chi connectivity index (χ1v) is 11.2. The molecule has 0 aliphatic heterocycles. The first-order chi connectivity index (χ1) is 14.7. The Balaban J connectivity index is 1.33. The summed E-state index contributed by atoms with van der Waals surface area (Å²) in [4.78, 5) is 15.8. The number of hydrogen-bond donors (Lipinski definition) is 2. The third-order valence-corrected chi connectivity index (χ3v) is 6.33. The lowest BCUT2D eigenvalue weighted by Gasteiger charge is -2.09. The van der Waals surface area contributed by atoms with Gasteiger partial charge >= 0.3 is 0 Å². The van der Waals surface area contributed by atoms with Gasteiger partial charge in [0.1, 0.15) is 0 Å². The van der Waals surface area contributed by atoms with Crippen LogP contribution in [0.4, 0.5) is 5.69 Å². The molecule has 30 heavy (non-hydrogen) atoms. The van der Waals surface area contributed by atoms with Crippen LogP contribution in [0.15, 0.2) is 59.9 Å². The second kappa shape index (κ2) is 7.99. The molecule has 0 atom stereocenters. The van der Waals surface area contributed by atoms with Crippen molar-refractivity contribution in [1.82, 2.24) is 19.7 Å². The number of amides is 1. The van der Waals surface area contributed by atoms with E-state index in [4.69, 9.17) is 0 Å². The summed E-state index contributed by atoms with van der Waals surface area (Å²) in [6.45, 7) is 2.12. The van der Waals surface area contributed by atoms with Gasteiger partial charge in [-0.15, -0.1) is 10.2 Å². The van der Waals surface area contributed by atoms with Crippen molar-refractivity contribution in [2.24, 2.45) is 0 Å². The fraction of sp³-hybridized carbons (Fsp3) is 0.261. The van der Waals surface area contributed by atoms with E-state index in [0.717, 1.165) is 52.4 Å². The maximum absolute atomic E-state index is 12.5. The van der Waals surface area contributed by atoms with Gasteiger partial charge < -0.3 is 10.3 Å². The molecule has 2 N–H and O–H groups in total. The summed E-state index contributed by atoms with van der Waals surface area (Å²) in [5, 5.41) is 13.8. The maximum atomic E-state index is 12.5. The van der Waals surface area contributed by atoms with Gasteiger partial charge in [-0.05, 0) is 43.0 Å². The fourth-order valence-corrected chi connectivity index (χ4v) is 4.43. The fourth-order valence-electron chi connectivity index (χ4n) is 3.63. The van der Waals surface area contributed by atoms with Crippen molar-refractivity contribution in [3.8, 4) is 11.4 Å². The Morgan fingerprint density at radius 1 is 1.17 bits per heavy atom. The quantitative estimate of drug-likeness (QED) is 0.412. The van der Waals surface area contributed by atoms with Crippen LogP contribution in [-0.4, -0.2) is 31.4 Å². The highest BCUT2D eigenvalue weighted by Gasteiger charge is 2.31. The van der Waals surface area contributed by atoms with E-state index in [0.29, 0.717) is 11.8 Å². The molecule has 4 aromatic rings. The minimum Gasteiger partial charge on any atom is -0.360 e. The standard InChI is InChI=1S/C23H23N5OS/c1-2-15-7-9-16(10-8-15)25-21(29)14-30-23-27-26-22(28(23)17-11-12-17)19-13-24-20-6-4-3-5-18(19)20/h3-10,13,17,24H,2,11-12,14H2,1H3,(H,25,29). The molecule has 0 radical (unpaired) electrons. The minimum absolute atomic E-state index is 0.0387. The van der Waals surface area contributed by atoms with Crippen LogP contribution >= 0.6 is 11.8 Å². The summed E-state index contributed by atoms with van der Waals surface area (Å²) < 4.78 is 2.20. The summed E-state index contributed by atoms with van der Waals surface area (Å²) in [7, 11) is 0. The van der Waals surface area contributed by atoms with Gasteiger partial charge in [0.15, 0.2) is 11.0 Å². The number of aryl methyl sites for hydroxylation is 1. The number of nitrogens with one attached hydrogen (secondary N) is 2. The van der Waals surface area contributed by atoms with E-state index in [1.165, 1.54) is 17.3 Å². The highest BCUT2D eigenvalue weighted by Crippen LogP contribution is 2.42. The van der Waals surface area contributed by atoms with E-state index >= 15 is 0 Å². The Bertz CT molecular complexity index is 1190. The number of para-hydroxylation sites is 1. The molecule has 152 valence electrons. The largest absolute Gasteiger partial charge is 0.360 e. The molecule has 1 fully saturated rings. The number of rotatable bonds is 7. The molecule has 0 saturated heterocycles. The lowest BCUT2D eigenvalue weighted by Crippen LogP contribution is -2.14. The number of aromatic nitrogens is 4. The van der Waals surface area contributed by atoms with Crippen molar-refractivity contribution < 1.29 is 4.79 Å². The van der Waals surface area contributed by atoms with E-state index in [-0.39, 0.29) is 5.91 Å². The van der Waals surface area contributed by atoms with Crippen molar-refractivity contribution in [2.75, 3.05) is 11.1 Å². The smallest absolute Gasteiger partial charge is 0.234 e. The Labute approximate surface area is 179 Å². The molecular formula is C23H23N5OS. The summed E-state index contributed by atoms with van der Waals surface area (Å²) in [5.41, 5.74) is 4.21. The molecule has 0 unspecified atom stereocenters. The molecule has 5 rings (SSSR count). The number of hydrogen-bond acceptors (Lipinski definition) is 4. The van der Waals surface area contributed by atoms with Gasteiger partial charge in [-0.3, -0.25) is 9.36 Å². The Morgan fingerprint density at radius 3 is 2.73 bits per heavy atom. The molecule has 7 heteroatoms. The van der Waals surface area contributed by atoms with Gasteiger partial charge in [0.2, 0.25) is 5.91 Å². The van der Waals surface area contributed by atoms with E-state index in [1.54, 1.807) is 0 Å². The van der Waals surface area contributed by atoms with Crippen molar-refractivity contribution in [3.05, 3.63) is 60.3 Å². The molecule has 0 spiro atoms. The van der Waals surface area contributed by atoms with E-state index in [1.807, 2.05) is 42.6 Å². The first-order valence-electron chi connectivity index (χ1n) is 10.3. The van der Waals surface area contributed by atoms with Crippen molar-refractivity contribution in [3.63, 3.8) is 0 Å². The molecule has 2 heterocycles. The Kier molecular flexibility index (Phi) is 5.04. The van der Waals surface area contributed by atoms with Gasteiger partial charge in [-0.1, -0.05) is 49.0 Å². The molecule has 1 aliphatic carbocycles. The maximum Gasteiger partial charge on any atom is 0.234 e. The van der Waals surface area contributed by atoms with Crippen LogP contribution in [0.3, 0.4) is 0 Å². The minimum atomic E-state index is -0.0387. The molecule has 1 saturated carbocycles. The summed E-state index contributed by atoms with van der Waals surface area (Å²) >= 11 is 1.44. The molecule has 0 bridgehead atoms. The van der Waals surface area contributed by atoms with Crippen molar-refractivity contribution in [2.45, 2.75) is 37.4 Å². The zero-order valence-electron chi connectivity index (χ0n) is 16.8. The number of nitrogens with zero attached hydrogens (tertiary/aromatic N) is 3. The molecule has 1 aliphatic rings. The highest BCUT2D eigenvalue weighted by molar-refractivity contribution is 7.99. The molecule has 6 nitrogen and oxygen atoms in total. The van der Waals surface area contributed by atoms with Gasteiger partial charge in [-0.2, -0.15) is 0 Å². The number of aromatic amines is 1. The van der Waals surface area contributed by atoms with Crippen LogP contribution in [0.25, 0.3) is 22.3 Å². The topological polar surface area (TPSA) is 75.6 Å².